The number of allylic oxidation sites excluding steroid dienone is 1. The van der Waals surface area contributed by atoms with Crippen LogP contribution in [0.5, 0.6) is 17.2 Å². The first-order valence-electron chi connectivity index (χ1n) is 10.00. The van der Waals surface area contributed by atoms with Crippen molar-refractivity contribution in [2.45, 2.75) is 19.6 Å². The van der Waals surface area contributed by atoms with Gasteiger partial charge in [-0.1, -0.05) is 30.3 Å². The minimum atomic E-state index is -0.288. The number of Topliss-reactive ketones (excluding diaryl/α,β-unsaturated/α-hetero) is 1. The summed E-state index contributed by atoms with van der Waals surface area (Å²) in [5.41, 5.74) is 3.17. The molecule has 2 heterocycles. The van der Waals surface area contributed by atoms with Crippen molar-refractivity contribution >= 4 is 11.9 Å². The molecule has 0 unspecified atom stereocenters. The molecule has 2 aliphatic rings. The summed E-state index contributed by atoms with van der Waals surface area (Å²) in [6.07, 6.45) is 3.55. The van der Waals surface area contributed by atoms with Gasteiger partial charge in [-0.15, -0.1) is 0 Å². The van der Waals surface area contributed by atoms with Crippen molar-refractivity contribution in [2.75, 3.05) is 0 Å². The highest BCUT2D eigenvalue weighted by molar-refractivity contribution is 6.12. The minimum absolute atomic E-state index is 0.174. The van der Waals surface area contributed by atoms with Gasteiger partial charge in [0.2, 0.25) is 5.78 Å². The Labute approximate surface area is 179 Å². The van der Waals surface area contributed by atoms with Crippen LogP contribution in [-0.4, -0.2) is 11.9 Å². The minimum Gasteiger partial charge on any atom is -0.489 e. The Balaban J connectivity index is 1.35. The SMILES string of the molecule is C[C@H]1Oc2ccccc2C=C1/C=C1\Oc2cc(OCc3ccc(F)cc3)ccc2C1=O. The number of hydrogen-bond acceptors (Lipinski definition) is 4. The van der Waals surface area contributed by atoms with E-state index in [1.807, 2.05) is 37.3 Å². The van der Waals surface area contributed by atoms with Gasteiger partial charge in [-0.25, -0.2) is 4.39 Å². The third kappa shape index (κ3) is 3.82. The van der Waals surface area contributed by atoms with E-state index in [4.69, 9.17) is 14.2 Å². The average molecular weight is 414 g/mol. The van der Waals surface area contributed by atoms with Crippen molar-refractivity contribution in [3.63, 3.8) is 0 Å². The number of halogens is 1. The number of rotatable bonds is 4. The second kappa shape index (κ2) is 7.76. The van der Waals surface area contributed by atoms with Crippen molar-refractivity contribution in [1.29, 1.82) is 0 Å². The quantitative estimate of drug-likeness (QED) is 0.512. The molecule has 0 fully saturated rings. The largest absolute Gasteiger partial charge is 0.489 e. The predicted octanol–water partition coefficient (Wildman–Crippen LogP) is 5.73. The van der Waals surface area contributed by atoms with Crippen LogP contribution in [0.4, 0.5) is 4.39 Å². The van der Waals surface area contributed by atoms with Crippen LogP contribution in [-0.2, 0) is 6.61 Å². The topological polar surface area (TPSA) is 44.8 Å². The zero-order chi connectivity index (χ0) is 21.4. The van der Waals surface area contributed by atoms with Crippen molar-refractivity contribution in [1.82, 2.24) is 0 Å². The molecule has 0 radical (unpaired) electrons. The molecule has 4 nitrogen and oxygen atoms in total. The van der Waals surface area contributed by atoms with Crippen LogP contribution in [0.25, 0.3) is 6.08 Å². The Morgan fingerprint density at radius 2 is 1.84 bits per heavy atom. The molecule has 0 spiro atoms. The molecule has 0 saturated carbocycles. The van der Waals surface area contributed by atoms with E-state index in [9.17, 15) is 9.18 Å². The number of para-hydroxylation sites is 1. The summed E-state index contributed by atoms with van der Waals surface area (Å²) in [4.78, 5) is 12.8. The summed E-state index contributed by atoms with van der Waals surface area (Å²) in [6, 6.07) is 19.0. The highest BCUT2D eigenvalue weighted by atomic mass is 19.1. The highest BCUT2D eigenvalue weighted by Crippen LogP contribution is 2.36. The number of ether oxygens (including phenoxy) is 3. The van der Waals surface area contributed by atoms with Crippen LogP contribution < -0.4 is 14.2 Å². The van der Waals surface area contributed by atoms with Gasteiger partial charge in [0.05, 0.1) is 5.56 Å². The Hall–Kier alpha value is -3.86. The fourth-order valence-electron chi connectivity index (χ4n) is 3.58. The van der Waals surface area contributed by atoms with E-state index in [0.29, 0.717) is 17.1 Å². The van der Waals surface area contributed by atoms with Crippen LogP contribution in [0.3, 0.4) is 0 Å². The first kappa shape index (κ1) is 19.1. The zero-order valence-corrected chi connectivity index (χ0v) is 16.8. The molecule has 1 atom stereocenters. The predicted molar refractivity (Wildman–Crippen MR) is 115 cm³/mol. The molecule has 3 aromatic carbocycles. The summed E-state index contributed by atoms with van der Waals surface area (Å²) >= 11 is 0. The number of carbonyl (C=O) groups is 1. The Morgan fingerprint density at radius 1 is 1.03 bits per heavy atom. The molecule has 0 aromatic heterocycles. The Kier molecular flexibility index (Phi) is 4.79. The van der Waals surface area contributed by atoms with Gasteiger partial charge in [0, 0.05) is 11.6 Å². The molecule has 0 bridgehead atoms. The molecular weight excluding hydrogens is 395 g/mol. The highest BCUT2D eigenvalue weighted by Gasteiger charge is 2.29. The Bertz CT molecular complexity index is 1220. The second-order valence-corrected chi connectivity index (χ2v) is 7.46. The summed E-state index contributed by atoms with van der Waals surface area (Å²) in [5, 5.41) is 0. The zero-order valence-electron chi connectivity index (χ0n) is 16.8. The van der Waals surface area contributed by atoms with E-state index in [2.05, 4.69) is 0 Å². The van der Waals surface area contributed by atoms with Crippen molar-refractivity contribution in [3.8, 4) is 17.2 Å². The molecule has 0 aliphatic carbocycles. The average Bonchev–Trinajstić information content (AvgIpc) is 3.08. The summed E-state index contributed by atoms with van der Waals surface area (Å²) in [7, 11) is 0. The van der Waals surface area contributed by atoms with Crippen LogP contribution in [0.1, 0.15) is 28.4 Å². The van der Waals surface area contributed by atoms with Gasteiger partial charge in [-0.3, -0.25) is 4.79 Å². The van der Waals surface area contributed by atoms with E-state index >= 15 is 0 Å². The third-order valence-corrected chi connectivity index (χ3v) is 5.27. The normalized spacial score (nSPS) is 18.0. The van der Waals surface area contributed by atoms with E-state index in [1.54, 1.807) is 36.4 Å². The Morgan fingerprint density at radius 3 is 2.68 bits per heavy atom. The van der Waals surface area contributed by atoms with E-state index in [0.717, 1.165) is 22.4 Å². The van der Waals surface area contributed by atoms with E-state index < -0.39 is 0 Å². The molecule has 0 saturated heterocycles. The van der Waals surface area contributed by atoms with Gasteiger partial charge in [-0.2, -0.15) is 0 Å². The number of carbonyl (C=O) groups excluding carboxylic acids is 1. The lowest BCUT2D eigenvalue weighted by Gasteiger charge is -2.22. The molecule has 31 heavy (non-hydrogen) atoms. The second-order valence-electron chi connectivity index (χ2n) is 7.46. The molecule has 2 aliphatic heterocycles. The number of ketones is 1. The molecule has 5 heteroatoms. The lowest BCUT2D eigenvalue weighted by molar-refractivity contribution is 0.101. The number of fused-ring (bicyclic) bond motifs is 2. The summed E-state index contributed by atoms with van der Waals surface area (Å²) in [5.74, 6) is 1.64. The summed E-state index contributed by atoms with van der Waals surface area (Å²) < 4.78 is 30.6. The molecule has 0 N–H and O–H groups in total. The van der Waals surface area contributed by atoms with E-state index in [-0.39, 0.29) is 30.1 Å². The molecule has 5 rings (SSSR count). The van der Waals surface area contributed by atoms with Crippen molar-refractivity contribution < 1.29 is 23.4 Å². The smallest absolute Gasteiger partial charge is 0.231 e. The van der Waals surface area contributed by atoms with Gasteiger partial charge in [-0.05, 0) is 60.5 Å². The van der Waals surface area contributed by atoms with E-state index in [1.165, 1.54) is 12.1 Å². The maximum Gasteiger partial charge on any atom is 0.231 e. The van der Waals surface area contributed by atoms with Crippen molar-refractivity contribution in [3.05, 3.63) is 107 Å². The lowest BCUT2D eigenvalue weighted by Crippen LogP contribution is -2.18. The maximum absolute atomic E-state index is 13.0. The van der Waals surface area contributed by atoms with Crippen LogP contribution in [0.2, 0.25) is 0 Å². The first-order valence-corrected chi connectivity index (χ1v) is 10.00. The van der Waals surface area contributed by atoms with Gasteiger partial charge < -0.3 is 14.2 Å². The van der Waals surface area contributed by atoms with Gasteiger partial charge in [0.15, 0.2) is 5.76 Å². The molecule has 154 valence electrons. The molecule has 3 aromatic rings. The van der Waals surface area contributed by atoms with Crippen LogP contribution in [0, 0.1) is 5.82 Å². The third-order valence-electron chi connectivity index (χ3n) is 5.27. The van der Waals surface area contributed by atoms with Gasteiger partial charge in [0.1, 0.15) is 35.8 Å². The van der Waals surface area contributed by atoms with Gasteiger partial charge in [0.25, 0.3) is 0 Å². The summed E-state index contributed by atoms with van der Waals surface area (Å²) in [6.45, 7) is 2.23. The van der Waals surface area contributed by atoms with Crippen LogP contribution in [0.15, 0.2) is 84.1 Å². The maximum atomic E-state index is 13.0. The molecular formula is C26H19FO4. The standard InChI is InChI=1S/C26H19FO4/c1-16-19(12-18-4-2-3-5-23(18)30-16)13-25-26(28)22-11-10-21(14-24(22)31-25)29-15-17-6-8-20(27)9-7-17/h2-14,16H,15H2,1H3/b25-13-/t16-/m1/s1. The fourth-order valence-corrected chi connectivity index (χ4v) is 3.58. The monoisotopic (exact) mass is 414 g/mol. The number of benzene rings is 3. The fraction of sp³-hybridized carbons (Fsp3) is 0.115. The van der Waals surface area contributed by atoms with Gasteiger partial charge >= 0.3 is 0 Å². The molecule has 0 amide bonds. The van der Waals surface area contributed by atoms with Crippen molar-refractivity contribution in [2.24, 2.45) is 0 Å². The van der Waals surface area contributed by atoms with Crippen LogP contribution >= 0.6 is 0 Å². The lowest BCUT2D eigenvalue weighted by atomic mass is 10.0. The first-order chi connectivity index (χ1) is 15.1. The number of hydrogen-bond donors (Lipinski definition) is 0.